The number of alkyl carbamates (subject to hydrolysis) is 1. The molecule has 1 heterocycles. The molecule has 0 aromatic rings. The van der Waals surface area contributed by atoms with Gasteiger partial charge in [0.15, 0.2) is 0 Å². The summed E-state index contributed by atoms with van der Waals surface area (Å²) < 4.78 is 23.6. The van der Waals surface area contributed by atoms with Crippen LogP contribution in [0.2, 0.25) is 0 Å². The number of hydrogen-bond donors (Lipinski definition) is 1. The molecule has 1 rings (SSSR count). The average Bonchev–Trinajstić information content (AvgIpc) is 2.29. The van der Waals surface area contributed by atoms with Gasteiger partial charge in [-0.25, -0.2) is 9.18 Å². The third-order valence-corrected chi connectivity index (χ3v) is 2.22. The van der Waals surface area contributed by atoms with Crippen LogP contribution in [0.25, 0.3) is 0 Å². The maximum Gasteiger partial charge on any atom is 0.407 e. The summed E-state index contributed by atoms with van der Waals surface area (Å²) in [5.41, 5.74) is -0.558. The quantitative estimate of drug-likeness (QED) is 0.753. The molecule has 1 fully saturated rings. The minimum absolute atomic E-state index is 0.0421. The Kier molecular flexibility index (Phi) is 4.53. The van der Waals surface area contributed by atoms with E-state index in [9.17, 15) is 9.18 Å². The minimum Gasteiger partial charge on any atom is -0.444 e. The normalized spacial score (nSPS) is 27.0. The summed E-state index contributed by atoms with van der Waals surface area (Å²) in [5, 5.41) is 2.55. The van der Waals surface area contributed by atoms with Crippen molar-refractivity contribution < 1.29 is 18.7 Å². The topological polar surface area (TPSA) is 47.6 Å². The lowest BCUT2D eigenvalue weighted by Gasteiger charge is -2.24. The van der Waals surface area contributed by atoms with E-state index in [-0.39, 0.29) is 6.61 Å². The van der Waals surface area contributed by atoms with E-state index in [4.69, 9.17) is 9.47 Å². The van der Waals surface area contributed by atoms with E-state index in [2.05, 4.69) is 5.32 Å². The van der Waals surface area contributed by atoms with Gasteiger partial charge in [0.2, 0.25) is 0 Å². The van der Waals surface area contributed by atoms with Crippen molar-refractivity contribution >= 4 is 6.09 Å². The van der Waals surface area contributed by atoms with Crippen molar-refractivity contribution in [2.24, 2.45) is 0 Å². The summed E-state index contributed by atoms with van der Waals surface area (Å²) in [7, 11) is 0. The van der Waals surface area contributed by atoms with Crippen molar-refractivity contribution in [2.75, 3.05) is 13.2 Å². The number of alkyl halides is 1. The lowest BCUT2D eigenvalue weighted by molar-refractivity contribution is 0.0437. The summed E-state index contributed by atoms with van der Waals surface area (Å²) >= 11 is 0. The maximum atomic E-state index is 13.5. The third kappa shape index (κ3) is 4.79. The zero-order valence-electron chi connectivity index (χ0n) is 10.1. The summed E-state index contributed by atoms with van der Waals surface area (Å²) in [6.07, 6.45) is -0.390. The van der Waals surface area contributed by atoms with Crippen LogP contribution < -0.4 is 5.32 Å². The van der Waals surface area contributed by atoms with Crippen LogP contribution in [0.5, 0.6) is 0 Å². The molecule has 1 saturated heterocycles. The minimum atomic E-state index is -1.16. The van der Waals surface area contributed by atoms with Gasteiger partial charge in [-0.2, -0.15) is 0 Å². The van der Waals surface area contributed by atoms with Crippen LogP contribution in [0.15, 0.2) is 0 Å². The van der Waals surface area contributed by atoms with Crippen LogP contribution in [0, 0.1) is 0 Å². The van der Waals surface area contributed by atoms with Crippen molar-refractivity contribution in [3.8, 4) is 0 Å². The standard InChI is InChI=1S/C11H20FNO3/c1-11(2,3)16-10(14)13-9-5-4-6-15-7-8(9)12/h8-9H,4-7H2,1-3H3,(H,13,14). The Morgan fingerprint density at radius 3 is 2.81 bits per heavy atom. The number of nitrogens with one attached hydrogen (secondary N) is 1. The predicted molar refractivity (Wildman–Crippen MR) is 58.1 cm³/mol. The van der Waals surface area contributed by atoms with Crippen molar-refractivity contribution in [2.45, 2.75) is 51.4 Å². The van der Waals surface area contributed by atoms with Gasteiger partial charge in [0.1, 0.15) is 11.8 Å². The number of carbonyl (C=O) groups excluding carboxylic acids is 1. The van der Waals surface area contributed by atoms with Gasteiger partial charge in [-0.1, -0.05) is 0 Å². The van der Waals surface area contributed by atoms with Crippen molar-refractivity contribution in [1.82, 2.24) is 5.32 Å². The first-order valence-electron chi connectivity index (χ1n) is 5.60. The van der Waals surface area contributed by atoms with Gasteiger partial charge in [0, 0.05) is 6.61 Å². The highest BCUT2D eigenvalue weighted by Gasteiger charge is 2.27. The van der Waals surface area contributed by atoms with E-state index in [1.807, 2.05) is 0 Å². The maximum absolute atomic E-state index is 13.5. The molecule has 1 amide bonds. The molecule has 5 heteroatoms. The smallest absolute Gasteiger partial charge is 0.407 e. The number of halogens is 1. The molecule has 0 bridgehead atoms. The number of hydrogen-bond acceptors (Lipinski definition) is 3. The number of ether oxygens (including phenoxy) is 2. The molecule has 0 aromatic heterocycles. The van der Waals surface area contributed by atoms with Crippen LogP contribution in [0.3, 0.4) is 0 Å². The summed E-state index contributed by atoms with van der Waals surface area (Å²) in [6.45, 7) is 5.91. The summed E-state index contributed by atoms with van der Waals surface area (Å²) in [5.74, 6) is 0. The highest BCUT2D eigenvalue weighted by atomic mass is 19.1. The van der Waals surface area contributed by atoms with E-state index < -0.39 is 23.9 Å². The van der Waals surface area contributed by atoms with Crippen LogP contribution in [-0.4, -0.2) is 37.1 Å². The molecule has 94 valence electrons. The van der Waals surface area contributed by atoms with Crippen molar-refractivity contribution in [3.63, 3.8) is 0 Å². The predicted octanol–water partition coefficient (Wildman–Crippen LogP) is 2.03. The average molecular weight is 233 g/mol. The van der Waals surface area contributed by atoms with Gasteiger partial charge >= 0.3 is 6.09 Å². The Morgan fingerprint density at radius 1 is 1.50 bits per heavy atom. The molecule has 0 aliphatic carbocycles. The molecule has 0 aromatic carbocycles. The highest BCUT2D eigenvalue weighted by Crippen LogP contribution is 2.13. The molecule has 0 spiro atoms. The molecule has 2 unspecified atom stereocenters. The van der Waals surface area contributed by atoms with E-state index in [0.717, 1.165) is 6.42 Å². The lowest BCUT2D eigenvalue weighted by Crippen LogP contribution is -2.44. The Hall–Kier alpha value is -0.840. The molecule has 4 nitrogen and oxygen atoms in total. The number of amides is 1. The third-order valence-electron chi connectivity index (χ3n) is 2.22. The Bertz CT molecular complexity index is 240. The van der Waals surface area contributed by atoms with Crippen LogP contribution in [-0.2, 0) is 9.47 Å². The van der Waals surface area contributed by atoms with Gasteiger partial charge in [-0.05, 0) is 33.6 Å². The monoisotopic (exact) mass is 233 g/mol. The molecular formula is C11H20FNO3. The summed E-state index contributed by atoms with van der Waals surface area (Å²) in [4.78, 5) is 11.4. The van der Waals surface area contributed by atoms with Crippen LogP contribution in [0.4, 0.5) is 9.18 Å². The first-order chi connectivity index (χ1) is 7.38. The number of carbonyl (C=O) groups is 1. The van der Waals surface area contributed by atoms with Gasteiger partial charge < -0.3 is 14.8 Å². The Labute approximate surface area is 95.5 Å². The first kappa shape index (κ1) is 13.2. The van der Waals surface area contributed by atoms with Crippen molar-refractivity contribution in [3.05, 3.63) is 0 Å². The van der Waals surface area contributed by atoms with Gasteiger partial charge in [-0.3, -0.25) is 0 Å². The molecule has 2 atom stereocenters. The Morgan fingerprint density at radius 2 is 2.19 bits per heavy atom. The van der Waals surface area contributed by atoms with Crippen LogP contribution >= 0.6 is 0 Å². The van der Waals surface area contributed by atoms with Crippen molar-refractivity contribution in [1.29, 1.82) is 0 Å². The van der Waals surface area contributed by atoms with Crippen LogP contribution in [0.1, 0.15) is 33.6 Å². The second-order valence-electron chi connectivity index (χ2n) is 4.99. The molecule has 0 saturated carbocycles. The molecule has 16 heavy (non-hydrogen) atoms. The molecule has 1 N–H and O–H groups in total. The fourth-order valence-electron chi connectivity index (χ4n) is 1.52. The van der Waals surface area contributed by atoms with Gasteiger partial charge in [0.25, 0.3) is 0 Å². The molecular weight excluding hydrogens is 213 g/mol. The second kappa shape index (κ2) is 5.48. The summed E-state index contributed by atoms with van der Waals surface area (Å²) in [6, 6.07) is -0.502. The zero-order valence-corrected chi connectivity index (χ0v) is 10.1. The number of rotatable bonds is 1. The second-order valence-corrected chi connectivity index (χ2v) is 4.99. The van der Waals surface area contributed by atoms with E-state index >= 15 is 0 Å². The SMILES string of the molecule is CC(C)(C)OC(=O)NC1CCCOCC1F. The molecule has 0 radical (unpaired) electrons. The highest BCUT2D eigenvalue weighted by molar-refractivity contribution is 5.68. The van der Waals surface area contributed by atoms with Gasteiger partial charge in [-0.15, -0.1) is 0 Å². The first-order valence-corrected chi connectivity index (χ1v) is 5.60. The fraction of sp³-hybridized carbons (Fsp3) is 0.909. The van der Waals surface area contributed by atoms with E-state index in [1.54, 1.807) is 20.8 Å². The zero-order chi connectivity index (χ0) is 12.2. The van der Waals surface area contributed by atoms with E-state index in [0.29, 0.717) is 13.0 Å². The molecule has 1 aliphatic heterocycles. The molecule has 1 aliphatic rings. The fourth-order valence-corrected chi connectivity index (χ4v) is 1.52. The Balaban J connectivity index is 2.42. The van der Waals surface area contributed by atoms with E-state index in [1.165, 1.54) is 0 Å². The lowest BCUT2D eigenvalue weighted by atomic mass is 10.1. The largest absolute Gasteiger partial charge is 0.444 e. The van der Waals surface area contributed by atoms with Gasteiger partial charge in [0.05, 0.1) is 12.6 Å².